The highest BCUT2D eigenvalue weighted by Crippen LogP contribution is 2.29. The van der Waals surface area contributed by atoms with E-state index in [1.165, 1.54) is 6.07 Å². The number of nitro groups is 1. The molecule has 0 aromatic heterocycles. The molecule has 1 aromatic rings. The van der Waals surface area contributed by atoms with E-state index in [2.05, 4.69) is 4.72 Å². The van der Waals surface area contributed by atoms with E-state index in [1.54, 1.807) is 0 Å². The quantitative estimate of drug-likeness (QED) is 0.519. The van der Waals surface area contributed by atoms with Crippen LogP contribution in [0.4, 0.5) is 5.69 Å². The maximum Gasteiger partial charge on any atom is 0.270 e. The summed E-state index contributed by atoms with van der Waals surface area (Å²) in [6.07, 6.45) is 2.21. The molecular formula is C11H12Cl2N2O4S. The second-order valence-corrected chi connectivity index (χ2v) is 7.20. The van der Waals surface area contributed by atoms with Crippen molar-refractivity contribution in [2.24, 2.45) is 0 Å². The lowest BCUT2D eigenvalue weighted by Crippen LogP contribution is -2.37. The molecule has 1 aromatic carbocycles. The fourth-order valence-corrected chi connectivity index (χ4v) is 4.37. The molecule has 1 fully saturated rings. The van der Waals surface area contributed by atoms with Gasteiger partial charge in [-0.1, -0.05) is 18.0 Å². The van der Waals surface area contributed by atoms with Crippen molar-refractivity contribution in [3.8, 4) is 0 Å². The second-order valence-electron chi connectivity index (χ2n) is 4.55. The molecule has 1 aliphatic carbocycles. The Labute approximate surface area is 126 Å². The largest absolute Gasteiger partial charge is 0.270 e. The molecule has 0 amide bonds. The van der Waals surface area contributed by atoms with Gasteiger partial charge in [-0.15, -0.1) is 11.6 Å². The third-order valence-electron chi connectivity index (χ3n) is 3.15. The van der Waals surface area contributed by atoms with Crippen LogP contribution in [0.3, 0.4) is 0 Å². The summed E-state index contributed by atoms with van der Waals surface area (Å²) in [5.41, 5.74) is -0.330. The lowest BCUT2D eigenvalue weighted by Gasteiger charge is -2.16. The van der Waals surface area contributed by atoms with Gasteiger partial charge in [0.25, 0.3) is 5.69 Å². The van der Waals surface area contributed by atoms with Crippen molar-refractivity contribution in [1.29, 1.82) is 0 Å². The minimum absolute atomic E-state index is 0.0628. The molecule has 0 aliphatic heterocycles. The first-order chi connectivity index (χ1) is 9.31. The van der Waals surface area contributed by atoms with Crippen LogP contribution in [0.5, 0.6) is 0 Å². The van der Waals surface area contributed by atoms with E-state index in [4.69, 9.17) is 23.2 Å². The first kappa shape index (κ1) is 15.5. The van der Waals surface area contributed by atoms with Crippen molar-refractivity contribution in [2.75, 3.05) is 0 Å². The zero-order valence-corrected chi connectivity index (χ0v) is 12.6. The summed E-state index contributed by atoms with van der Waals surface area (Å²) in [6, 6.07) is 2.92. The molecule has 9 heteroatoms. The molecule has 1 saturated carbocycles. The summed E-state index contributed by atoms with van der Waals surface area (Å²) in [6.45, 7) is 0. The van der Waals surface area contributed by atoms with E-state index in [0.717, 1.165) is 25.0 Å². The fourth-order valence-electron chi connectivity index (χ4n) is 2.12. The Balaban J connectivity index is 2.33. The van der Waals surface area contributed by atoms with E-state index >= 15 is 0 Å². The van der Waals surface area contributed by atoms with Crippen LogP contribution in [0.15, 0.2) is 23.1 Å². The Morgan fingerprint density at radius 2 is 2.05 bits per heavy atom. The zero-order chi connectivity index (χ0) is 14.9. The van der Waals surface area contributed by atoms with Gasteiger partial charge in [-0.2, -0.15) is 0 Å². The maximum atomic E-state index is 12.3. The van der Waals surface area contributed by atoms with E-state index in [9.17, 15) is 18.5 Å². The average Bonchev–Trinajstić information content (AvgIpc) is 2.74. The van der Waals surface area contributed by atoms with E-state index in [1.807, 2.05) is 0 Å². The number of nitrogens with one attached hydrogen (secondary N) is 1. The van der Waals surface area contributed by atoms with Crippen LogP contribution in [0, 0.1) is 10.1 Å². The van der Waals surface area contributed by atoms with Crippen LogP contribution < -0.4 is 4.72 Å². The highest BCUT2D eigenvalue weighted by Gasteiger charge is 2.31. The molecule has 0 bridgehead atoms. The second kappa shape index (κ2) is 5.85. The summed E-state index contributed by atoms with van der Waals surface area (Å²) >= 11 is 11.9. The lowest BCUT2D eigenvalue weighted by atomic mass is 10.3. The van der Waals surface area contributed by atoms with Gasteiger partial charge in [0.1, 0.15) is 4.90 Å². The van der Waals surface area contributed by atoms with Crippen molar-refractivity contribution in [2.45, 2.75) is 35.6 Å². The van der Waals surface area contributed by atoms with Gasteiger partial charge in [0.05, 0.1) is 9.95 Å². The normalized spacial score (nSPS) is 22.9. The minimum Gasteiger partial charge on any atom is -0.258 e. The number of rotatable bonds is 4. The van der Waals surface area contributed by atoms with Crippen molar-refractivity contribution >= 4 is 38.9 Å². The van der Waals surface area contributed by atoms with Gasteiger partial charge in [0.15, 0.2) is 0 Å². The third-order valence-corrected chi connectivity index (χ3v) is 5.65. The van der Waals surface area contributed by atoms with Crippen LogP contribution in [-0.4, -0.2) is 24.8 Å². The number of sulfonamides is 1. The molecule has 0 heterocycles. The summed E-state index contributed by atoms with van der Waals surface area (Å²) in [5.74, 6) is 0. The highest BCUT2D eigenvalue weighted by molar-refractivity contribution is 7.89. The zero-order valence-electron chi connectivity index (χ0n) is 10.3. The number of nitrogens with zero attached hydrogens (tertiary/aromatic N) is 1. The van der Waals surface area contributed by atoms with Crippen molar-refractivity contribution in [3.63, 3.8) is 0 Å². The van der Waals surface area contributed by atoms with Crippen LogP contribution in [0.2, 0.25) is 5.02 Å². The molecular weight excluding hydrogens is 327 g/mol. The molecule has 110 valence electrons. The third kappa shape index (κ3) is 3.22. The van der Waals surface area contributed by atoms with Gasteiger partial charge in [-0.3, -0.25) is 10.1 Å². The SMILES string of the molecule is O=[N+]([O-])c1ccc(Cl)c(S(=O)(=O)NC2CCCC2Cl)c1. The maximum absolute atomic E-state index is 12.3. The Hall–Kier alpha value is -0.890. The monoisotopic (exact) mass is 338 g/mol. The van der Waals surface area contributed by atoms with Crippen molar-refractivity contribution in [1.82, 2.24) is 4.72 Å². The smallest absolute Gasteiger partial charge is 0.258 e. The van der Waals surface area contributed by atoms with Gasteiger partial charge >= 0.3 is 0 Å². The van der Waals surface area contributed by atoms with Crippen LogP contribution in [-0.2, 0) is 10.0 Å². The van der Waals surface area contributed by atoms with E-state index in [0.29, 0.717) is 6.42 Å². The Morgan fingerprint density at radius 1 is 1.35 bits per heavy atom. The van der Waals surface area contributed by atoms with Crippen LogP contribution >= 0.6 is 23.2 Å². The minimum atomic E-state index is -3.93. The number of alkyl halides is 1. The molecule has 1 N–H and O–H groups in total. The molecule has 2 atom stereocenters. The Morgan fingerprint density at radius 3 is 2.60 bits per heavy atom. The molecule has 2 unspecified atom stereocenters. The molecule has 0 radical (unpaired) electrons. The van der Waals surface area contributed by atoms with Gasteiger partial charge in [0.2, 0.25) is 10.0 Å². The molecule has 1 aliphatic rings. The number of non-ortho nitro benzene ring substituents is 1. The number of nitro benzene ring substituents is 1. The van der Waals surface area contributed by atoms with Gasteiger partial charge < -0.3 is 0 Å². The van der Waals surface area contributed by atoms with Crippen molar-refractivity contribution < 1.29 is 13.3 Å². The Bertz CT molecular complexity index is 635. The highest BCUT2D eigenvalue weighted by atomic mass is 35.5. The number of hydrogen-bond acceptors (Lipinski definition) is 4. The predicted octanol–water partition coefficient (Wildman–Crippen LogP) is 2.69. The topological polar surface area (TPSA) is 89.3 Å². The van der Waals surface area contributed by atoms with Crippen molar-refractivity contribution in [3.05, 3.63) is 33.3 Å². The molecule has 6 nitrogen and oxygen atoms in total. The van der Waals surface area contributed by atoms with Gasteiger partial charge in [-0.05, 0) is 18.9 Å². The first-order valence-electron chi connectivity index (χ1n) is 5.91. The first-order valence-corrected chi connectivity index (χ1v) is 8.21. The summed E-state index contributed by atoms with van der Waals surface area (Å²) < 4.78 is 27.0. The van der Waals surface area contributed by atoms with Gasteiger partial charge in [0, 0.05) is 23.6 Å². The van der Waals surface area contributed by atoms with Gasteiger partial charge in [-0.25, -0.2) is 13.1 Å². The summed E-state index contributed by atoms with van der Waals surface area (Å²) in [7, 11) is -3.93. The van der Waals surface area contributed by atoms with Crippen LogP contribution in [0.25, 0.3) is 0 Å². The standard InChI is InChI=1S/C11H12Cl2N2O4S/c12-8-2-1-3-10(8)14-20(18,19)11-6-7(15(16)17)4-5-9(11)13/h4-6,8,10,14H,1-3H2. The summed E-state index contributed by atoms with van der Waals surface area (Å²) in [5, 5.41) is 10.4. The van der Waals surface area contributed by atoms with E-state index < -0.39 is 14.9 Å². The lowest BCUT2D eigenvalue weighted by molar-refractivity contribution is -0.385. The molecule has 2 rings (SSSR count). The number of halogens is 2. The van der Waals surface area contributed by atoms with E-state index in [-0.39, 0.29) is 27.0 Å². The molecule has 0 saturated heterocycles. The fraction of sp³-hybridized carbons (Fsp3) is 0.455. The summed E-state index contributed by atoms with van der Waals surface area (Å²) in [4.78, 5) is 9.74. The Kier molecular flexibility index (Phi) is 4.53. The predicted molar refractivity (Wildman–Crippen MR) is 75.7 cm³/mol. The number of hydrogen-bond donors (Lipinski definition) is 1. The number of benzene rings is 1. The molecule has 0 spiro atoms. The molecule has 20 heavy (non-hydrogen) atoms. The average molecular weight is 339 g/mol. The van der Waals surface area contributed by atoms with Crippen LogP contribution in [0.1, 0.15) is 19.3 Å².